The first-order valence-corrected chi connectivity index (χ1v) is 12.1. The molecule has 0 bridgehead atoms. The van der Waals surface area contributed by atoms with Gasteiger partial charge in [0.2, 0.25) is 5.91 Å². The van der Waals surface area contributed by atoms with Crippen LogP contribution in [0.25, 0.3) is 0 Å². The molecule has 5 nitrogen and oxygen atoms in total. The molecule has 0 aliphatic carbocycles. The molecule has 3 rings (SSSR count). The minimum Gasteiger partial charge on any atom is -0.337 e. The van der Waals surface area contributed by atoms with Crippen molar-refractivity contribution in [1.82, 2.24) is 14.7 Å². The molecule has 2 aromatic rings. The Labute approximate surface area is 197 Å². The van der Waals surface area contributed by atoms with E-state index < -0.39 is 0 Å². The van der Waals surface area contributed by atoms with Gasteiger partial charge in [0.1, 0.15) is 5.82 Å². The van der Waals surface area contributed by atoms with Crippen molar-refractivity contribution in [2.45, 2.75) is 46.1 Å². The van der Waals surface area contributed by atoms with Gasteiger partial charge in [-0.3, -0.25) is 14.5 Å². The topological polar surface area (TPSA) is 43.9 Å². The van der Waals surface area contributed by atoms with Crippen LogP contribution in [0.4, 0.5) is 4.39 Å². The van der Waals surface area contributed by atoms with E-state index in [4.69, 9.17) is 0 Å². The van der Waals surface area contributed by atoms with Crippen LogP contribution in [-0.4, -0.2) is 65.8 Å². The third-order valence-electron chi connectivity index (χ3n) is 6.28. The minimum absolute atomic E-state index is 0.0821. The van der Waals surface area contributed by atoms with Gasteiger partial charge in [-0.25, -0.2) is 4.39 Å². The lowest BCUT2D eigenvalue weighted by molar-refractivity contribution is -0.132. The Morgan fingerprint density at radius 2 is 1.61 bits per heavy atom. The number of halogens is 1. The third kappa shape index (κ3) is 7.67. The van der Waals surface area contributed by atoms with E-state index in [1.54, 1.807) is 12.1 Å². The van der Waals surface area contributed by atoms with Crippen molar-refractivity contribution in [2.24, 2.45) is 0 Å². The number of rotatable bonds is 10. The summed E-state index contributed by atoms with van der Waals surface area (Å²) in [6, 6.07) is 14.1. The number of unbranched alkanes of at least 4 members (excludes halogenated alkanes) is 2. The normalized spacial score (nSPS) is 14.3. The molecule has 2 aromatic carbocycles. The zero-order valence-corrected chi connectivity index (χ0v) is 19.9. The average molecular weight is 454 g/mol. The predicted octanol–water partition coefficient (Wildman–Crippen LogP) is 4.50. The van der Waals surface area contributed by atoms with Gasteiger partial charge >= 0.3 is 0 Å². The Kier molecular flexibility index (Phi) is 9.43. The smallest absolute Gasteiger partial charge is 0.253 e. The molecule has 0 unspecified atom stereocenters. The molecule has 178 valence electrons. The summed E-state index contributed by atoms with van der Waals surface area (Å²) < 4.78 is 13.3. The quantitative estimate of drug-likeness (QED) is 0.498. The highest BCUT2D eigenvalue weighted by molar-refractivity contribution is 5.94. The van der Waals surface area contributed by atoms with Crippen molar-refractivity contribution in [3.63, 3.8) is 0 Å². The van der Waals surface area contributed by atoms with E-state index in [1.165, 1.54) is 12.1 Å². The molecular weight excluding hydrogens is 417 g/mol. The van der Waals surface area contributed by atoms with Crippen LogP contribution in [-0.2, 0) is 11.3 Å². The highest BCUT2D eigenvalue weighted by atomic mass is 19.1. The van der Waals surface area contributed by atoms with Gasteiger partial charge in [0.25, 0.3) is 5.91 Å². The van der Waals surface area contributed by atoms with Crippen molar-refractivity contribution >= 4 is 11.8 Å². The van der Waals surface area contributed by atoms with Gasteiger partial charge < -0.3 is 9.80 Å². The Morgan fingerprint density at radius 1 is 0.939 bits per heavy atom. The second-order valence-corrected chi connectivity index (χ2v) is 8.90. The van der Waals surface area contributed by atoms with Crippen LogP contribution in [0.2, 0.25) is 0 Å². The lowest BCUT2D eigenvalue weighted by Crippen LogP contribution is -2.50. The van der Waals surface area contributed by atoms with Crippen molar-refractivity contribution in [3.8, 4) is 0 Å². The van der Waals surface area contributed by atoms with Crippen LogP contribution in [0, 0.1) is 12.7 Å². The van der Waals surface area contributed by atoms with Gasteiger partial charge in [0.05, 0.1) is 0 Å². The van der Waals surface area contributed by atoms with E-state index in [0.717, 1.165) is 55.6 Å². The number of aryl methyl sites for hydroxylation is 1. The summed E-state index contributed by atoms with van der Waals surface area (Å²) in [6.45, 7) is 9.02. The monoisotopic (exact) mass is 453 g/mol. The molecule has 6 heteroatoms. The highest BCUT2D eigenvalue weighted by Crippen LogP contribution is 2.13. The van der Waals surface area contributed by atoms with Crippen molar-refractivity contribution < 1.29 is 14.0 Å². The molecule has 0 atom stereocenters. The Morgan fingerprint density at radius 3 is 2.24 bits per heavy atom. The largest absolute Gasteiger partial charge is 0.337 e. The number of nitrogens with zero attached hydrogens (tertiary/aromatic N) is 3. The molecule has 0 spiro atoms. The van der Waals surface area contributed by atoms with Gasteiger partial charge in [-0.15, -0.1) is 0 Å². The fraction of sp³-hybridized carbons (Fsp3) is 0.481. The molecule has 0 radical (unpaired) electrons. The van der Waals surface area contributed by atoms with Crippen molar-refractivity contribution in [2.75, 3.05) is 39.3 Å². The molecule has 33 heavy (non-hydrogen) atoms. The first-order chi connectivity index (χ1) is 16.0. The molecule has 2 amide bonds. The Bertz CT molecular complexity index is 891. The molecule has 1 saturated heterocycles. The maximum absolute atomic E-state index is 13.3. The maximum atomic E-state index is 13.3. The van der Waals surface area contributed by atoms with Crippen LogP contribution < -0.4 is 0 Å². The zero-order chi connectivity index (χ0) is 23.6. The first-order valence-electron chi connectivity index (χ1n) is 12.1. The molecule has 1 heterocycles. The molecule has 0 saturated carbocycles. The number of piperazine rings is 1. The van der Waals surface area contributed by atoms with E-state index in [9.17, 15) is 14.0 Å². The van der Waals surface area contributed by atoms with Gasteiger partial charge in [0.15, 0.2) is 0 Å². The third-order valence-corrected chi connectivity index (χ3v) is 6.28. The van der Waals surface area contributed by atoms with Crippen LogP contribution in [0.15, 0.2) is 48.5 Å². The Hall–Kier alpha value is -2.73. The van der Waals surface area contributed by atoms with Gasteiger partial charge in [-0.2, -0.15) is 0 Å². The van der Waals surface area contributed by atoms with Crippen LogP contribution in [0.3, 0.4) is 0 Å². The molecule has 1 fully saturated rings. The van der Waals surface area contributed by atoms with Crippen LogP contribution in [0.1, 0.15) is 54.1 Å². The fourth-order valence-corrected chi connectivity index (χ4v) is 4.10. The van der Waals surface area contributed by atoms with E-state index >= 15 is 0 Å². The lowest BCUT2D eigenvalue weighted by atomic mass is 10.1. The fourth-order valence-electron chi connectivity index (χ4n) is 4.10. The predicted molar refractivity (Wildman–Crippen MR) is 129 cm³/mol. The van der Waals surface area contributed by atoms with Gasteiger partial charge in [0, 0.05) is 57.8 Å². The minimum atomic E-state index is -0.266. The number of carbonyl (C=O) groups is 2. The average Bonchev–Trinajstić information content (AvgIpc) is 2.83. The number of benzene rings is 2. The lowest BCUT2D eigenvalue weighted by Gasteiger charge is -2.36. The molecule has 0 N–H and O–H groups in total. The second kappa shape index (κ2) is 12.5. The van der Waals surface area contributed by atoms with Gasteiger partial charge in [-0.05, 0) is 43.2 Å². The molecule has 0 aromatic heterocycles. The zero-order valence-electron chi connectivity index (χ0n) is 19.9. The summed E-state index contributed by atoms with van der Waals surface area (Å²) in [5.41, 5.74) is 2.82. The van der Waals surface area contributed by atoms with Crippen LogP contribution >= 0.6 is 0 Å². The summed E-state index contributed by atoms with van der Waals surface area (Å²) >= 11 is 0. The molecule has 1 aliphatic heterocycles. The Balaban J connectivity index is 1.52. The summed E-state index contributed by atoms with van der Waals surface area (Å²) in [4.78, 5) is 31.7. The van der Waals surface area contributed by atoms with E-state index in [2.05, 4.69) is 11.8 Å². The molecule has 1 aliphatic rings. The number of hydrogen-bond donors (Lipinski definition) is 0. The van der Waals surface area contributed by atoms with E-state index in [1.807, 2.05) is 41.0 Å². The second-order valence-electron chi connectivity index (χ2n) is 8.90. The van der Waals surface area contributed by atoms with Gasteiger partial charge in [-0.1, -0.05) is 49.6 Å². The maximum Gasteiger partial charge on any atom is 0.253 e. The van der Waals surface area contributed by atoms with E-state index in [0.29, 0.717) is 32.6 Å². The van der Waals surface area contributed by atoms with Crippen molar-refractivity contribution in [1.29, 1.82) is 0 Å². The number of amides is 2. The number of hydrogen-bond acceptors (Lipinski definition) is 3. The van der Waals surface area contributed by atoms with Crippen molar-refractivity contribution in [3.05, 3.63) is 71.0 Å². The summed E-state index contributed by atoms with van der Waals surface area (Å²) in [6.07, 6.45) is 3.58. The SMILES string of the molecule is CCCCCC(=O)N(CCN1CCN(C(=O)c2ccc(C)cc2)CC1)Cc1ccc(F)cc1. The van der Waals surface area contributed by atoms with E-state index in [-0.39, 0.29) is 17.6 Å². The summed E-state index contributed by atoms with van der Waals surface area (Å²) in [5, 5.41) is 0. The highest BCUT2D eigenvalue weighted by Gasteiger charge is 2.23. The van der Waals surface area contributed by atoms with Crippen LogP contribution in [0.5, 0.6) is 0 Å². The summed E-state index contributed by atoms with van der Waals surface area (Å²) in [7, 11) is 0. The number of carbonyl (C=O) groups excluding carboxylic acids is 2. The standard InChI is InChI=1S/C27H36FN3O2/c1-3-4-5-6-26(32)31(21-23-9-13-25(28)14-10-23)20-17-29-15-18-30(19-16-29)27(33)24-11-7-22(2)8-12-24/h7-14H,3-6,15-21H2,1-2H3. The summed E-state index contributed by atoms with van der Waals surface area (Å²) in [5.74, 6) is -0.0303. The molecular formula is C27H36FN3O2. The first kappa shape index (κ1) is 24.9.